The largest absolute Gasteiger partial charge is 0.385 e. The van der Waals surface area contributed by atoms with Crippen LogP contribution in [0.15, 0.2) is 48.7 Å². The molecule has 0 saturated carbocycles. The summed E-state index contributed by atoms with van der Waals surface area (Å²) in [7, 11) is 0. The third-order valence-electron chi connectivity index (χ3n) is 5.37. The normalized spacial score (nSPS) is 30.5. The van der Waals surface area contributed by atoms with Gasteiger partial charge in [-0.1, -0.05) is 18.2 Å². The molecular weight excluding hydrogens is 291 g/mol. The Kier molecular flexibility index (Phi) is 3.66. The van der Waals surface area contributed by atoms with Crippen molar-refractivity contribution >= 4 is 0 Å². The van der Waals surface area contributed by atoms with Crippen LogP contribution < -0.4 is 0 Å². The molecule has 2 atom stereocenters. The van der Waals surface area contributed by atoms with E-state index in [1.54, 1.807) is 12.1 Å². The fourth-order valence-electron chi connectivity index (χ4n) is 4.25. The minimum atomic E-state index is -0.833. The predicted molar refractivity (Wildman–Crippen MR) is 86.1 cm³/mol. The van der Waals surface area contributed by atoms with Crippen molar-refractivity contribution in [2.45, 2.75) is 49.9 Å². The van der Waals surface area contributed by atoms with Crippen molar-refractivity contribution in [2.75, 3.05) is 0 Å². The average Bonchev–Trinajstić information content (AvgIpc) is 2.80. The summed E-state index contributed by atoms with van der Waals surface area (Å²) in [5.41, 5.74) is 1.09. The molecule has 2 fully saturated rings. The fraction of sp³-hybridized carbons (Fsp3) is 0.421. The number of aliphatic hydroxyl groups is 1. The van der Waals surface area contributed by atoms with Gasteiger partial charge in [-0.05, 0) is 55.5 Å². The van der Waals surface area contributed by atoms with E-state index in [2.05, 4.69) is 16.0 Å². The van der Waals surface area contributed by atoms with Crippen molar-refractivity contribution in [1.82, 2.24) is 9.88 Å². The van der Waals surface area contributed by atoms with Crippen LogP contribution >= 0.6 is 0 Å². The smallest absolute Gasteiger partial charge is 0.123 e. The topological polar surface area (TPSA) is 36.4 Å². The fourth-order valence-corrected chi connectivity index (χ4v) is 4.25. The molecular formula is C19H21FN2O. The highest BCUT2D eigenvalue weighted by Crippen LogP contribution is 2.46. The Balaban J connectivity index is 1.54. The number of hydrogen-bond donors (Lipinski definition) is 1. The Bertz CT molecular complexity index is 660. The van der Waals surface area contributed by atoms with Gasteiger partial charge in [0.05, 0.1) is 11.3 Å². The summed E-state index contributed by atoms with van der Waals surface area (Å²) in [6, 6.07) is 13.1. The maximum absolute atomic E-state index is 13.2. The molecule has 0 radical (unpaired) electrons. The van der Waals surface area contributed by atoms with E-state index in [0.717, 1.165) is 30.6 Å². The molecule has 2 bridgehead atoms. The molecule has 2 saturated heterocycles. The van der Waals surface area contributed by atoms with Gasteiger partial charge in [-0.2, -0.15) is 0 Å². The minimum absolute atomic E-state index is 0.257. The number of halogens is 1. The quantitative estimate of drug-likeness (QED) is 0.945. The van der Waals surface area contributed by atoms with E-state index in [0.29, 0.717) is 24.9 Å². The molecule has 4 rings (SSSR count). The lowest BCUT2D eigenvalue weighted by molar-refractivity contribution is -0.0598. The van der Waals surface area contributed by atoms with Gasteiger partial charge >= 0.3 is 0 Å². The van der Waals surface area contributed by atoms with Gasteiger partial charge in [0, 0.05) is 24.8 Å². The summed E-state index contributed by atoms with van der Waals surface area (Å²) in [6.45, 7) is 0.843. The van der Waals surface area contributed by atoms with Crippen molar-refractivity contribution in [3.63, 3.8) is 0 Å². The molecule has 2 aromatic rings. The number of pyridine rings is 1. The molecule has 1 aromatic carbocycles. The molecule has 1 aromatic heterocycles. The summed E-state index contributed by atoms with van der Waals surface area (Å²) >= 11 is 0. The molecule has 120 valence electrons. The summed E-state index contributed by atoms with van der Waals surface area (Å²) in [4.78, 5) is 6.91. The van der Waals surface area contributed by atoms with Crippen molar-refractivity contribution in [3.8, 4) is 0 Å². The average molecular weight is 312 g/mol. The molecule has 0 spiro atoms. The molecule has 3 nitrogen and oxygen atoms in total. The van der Waals surface area contributed by atoms with E-state index in [4.69, 9.17) is 0 Å². The zero-order chi connectivity index (χ0) is 15.9. The van der Waals surface area contributed by atoms with Crippen LogP contribution in [0.3, 0.4) is 0 Å². The Morgan fingerprint density at radius 3 is 2.39 bits per heavy atom. The molecule has 3 heterocycles. The SMILES string of the molecule is OC1(c2ccc(F)cc2)C[C@H]2CC[C@H](C1)N2Cc1ccccn1. The van der Waals surface area contributed by atoms with E-state index in [9.17, 15) is 9.50 Å². The molecule has 2 aliphatic rings. The zero-order valence-electron chi connectivity index (χ0n) is 13.0. The monoisotopic (exact) mass is 312 g/mol. The van der Waals surface area contributed by atoms with Gasteiger partial charge in [0.25, 0.3) is 0 Å². The highest BCUT2D eigenvalue weighted by molar-refractivity contribution is 5.25. The van der Waals surface area contributed by atoms with Crippen LogP contribution in [-0.2, 0) is 12.1 Å². The van der Waals surface area contributed by atoms with Crippen molar-refractivity contribution in [3.05, 3.63) is 65.7 Å². The standard InChI is InChI=1S/C19H21FN2O/c20-15-6-4-14(5-7-15)19(23)11-17-8-9-18(12-19)22(17)13-16-3-1-2-10-21-16/h1-7,10,17-18,23H,8-9,11-13H2/t17-,18-/m1/s1. The Labute approximate surface area is 135 Å². The van der Waals surface area contributed by atoms with Crippen LogP contribution in [0.1, 0.15) is 36.9 Å². The zero-order valence-corrected chi connectivity index (χ0v) is 13.0. The van der Waals surface area contributed by atoms with Gasteiger partial charge < -0.3 is 5.11 Å². The lowest BCUT2D eigenvalue weighted by Crippen LogP contribution is -2.49. The lowest BCUT2D eigenvalue weighted by atomic mass is 9.80. The first-order chi connectivity index (χ1) is 11.1. The van der Waals surface area contributed by atoms with Crippen LogP contribution in [0.2, 0.25) is 0 Å². The van der Waals surface area contributed by atoms with Gasteiger partial charge in [0.15, 0.2) is 0 Å². The third kappa shape index (κ3) is 2.77. The summed E-state index contributed by atoms with van der Waals surface area (Å²) in [5.74, 6) is -0.257. The van der Waals surface area contributed by atoms with Crippen LogP contribution in [-0.4, -0.2) is 27.1 Å². The minimum Gasteiger partial charge on any atom is -0.385 e. The van der Waals surface area contributed by atoms with Crippen LogP contribution in [0.25, 0.3) is 0 Å². The second-order valence-electron chi connectivity index (χ2n) is 6.83. The first-order valence-electron chi connectivity index (χ1n) is 8.28. The predicted octanol–water partition coefficient (Wildman–Crippen LogP) is 3.24. The van der Waals surface area contributed by atoms with Gasteiger partial charge in [-0.25, -0.2) is 4.39 Å². The van der Waals surface area contributed by atoms with Crippen LogP contribution in [0, 0.1) is 5.82 Å². The summed E-state index contributed by atoms with van der Waals surface area (Å²) in [6.07, 6.45) is 5.47. The van der Waals surface area contributed by atoms with E-state index >= 15 is 0 Å². The molecule has 23 heavy (non-hydrogen) atoms. The van der Waals surface area contributed by atoms with Gasteiger partial charge in [0.1, 0.15) is 5.82 Å². The summed E-state index contributed by atoms with van der Waals surface area (Å²) < 4.78 is 13.2. The van der Waals surface area contributed by atoms with Crippen LogP contribution in [0.5, 0.6) is 0 Å². The Morgan fingerprint density at radius 1 is 1.09 bits per heavy atom. The maximum atomic E-state index is 13.2. The number of aromatic nitrogens is 1. The molecule has 2 aliphatic heterocycles. The number of benzene rings is 1. The second-order valence-corrected chi connectivity index (χ2v) is 6.83. The number of rotatable bonds is 3. The lowest BCUT2D eigenvalue weighted by Gasteiger charge is -2.44. The Morgan fingerprint density at radius 2 is 1.78 bits per heavy atom. The molecule has 1 N–H and O–H groups in total. The van der Waals surface area contributed by atoms with Crippen molar-refractivity contribution in [2.24, 2.45) is 0 Å². The van der Waals surface area contributed by atoms with E-state index < -0.39 is 5.60 Å². The second kappa shape index (κ2) is 5.69. The number of piperidine rings is 1. The van der Waals surface area contributed by atoms with E-state index in [-0.39, 0.29) is 5.82 Å². The van der Waals surface area contributed by atoms with Gasteiger partial charge in [-0.3, -0.25) is 9.88 Å². The first kappa shape index (κ1) is 14.8. The highest BCUT2D eigenvalue weighted by atomic mass is 19.1. The van der Waals surface area contributed by atoms with Crippen molar-refractivity contribution in [1.29, 1.82) is 0 Å². The van der Waals surface area contributed by atoms with Gasteiger partial charge in [0.2, 0.25) is 0 Å². The molecule has 4 heteroatoms. The molecule has 0 amide bonds. The van der Waals surface area contributed by atoms with E-state index in [1.165, 1.54) is 12.1 Å². The van der Waals surface area contributed by atoms with Gasteiger partial charge in [-0.15, -0.1) is 0 Å². The number of fused-ring (bicyclic) bond motifs is 2. The van der Waals surface area contributed by atoms with E-state index in [1.807, 2.05) is 18.3 Å². The first-order valence-corrected chi connectivity index (χ1v) is 8.28. The summed E-state index contributed by atoms with van der Waals surface area (Å²) in [5, 5.41) is 11.1. The van der Waals surface area contributed by atoms with Crippen LogP contribution in [0.4, 0.5) is 4.39 Å². The highest BCUT2D eigenvalue weighted by Gasteiger charge is 2.48. The number of nitrogens with zero attached hydrogens (tertiary/aromatic N) is 2. The molecule has 0 unspecified atom stereocenters. The Hall–Kier alpha value is -1.78. The number of hydrogen-bond acceptors (Lipinski definition) is 3. The molecule has 0 aliphatic carbocycles. The third-order valence-corrected chi connectivity index (χ3v) is 5.37. The van der Waals surface area contributed by atoms with Crippen molar-refractivity contribution < 1.29 is 9.50 Å². The maximum Gasteiger partial charge on any atom is 0.123 e.